The lowest BCUT2D eigenvalue weighted by Gasteiger charge is -2.34. The number of aromatic nitrogens is 2. The van der Waals surface area contributed by atoms with Crippen LogP contribution in [0.2, 0.25) is 0 Å². The molecule has 3 N–H and O–H groups in total. The number of benzene rings is 3. The highest BCUT2D eigenvalue weighted by Gasteiger charge is 2.29. The van der Waals surface area contributed by atoms with Crippen LogP contribution in [0.1, 0.15) is 98.0 Å². The molecule has 9 nitrogen and oxygen atoms in total. The van der Waals surface area contributed by atoms with Gasteiger partial charge in [0, 0.05) is 18.2 Å². The summed E-state index contributed by atoms with van der Waals surface area (Å²) in [5, 5.41) is 12.2. The van der Waals surface area contributed by atoms with E-state index in [-0.39, 0.29) is 12.5 Å². The molecule has 0 spiro atoms. The smallest absolute Gasteiger partial charge is 0.253 e. The highest BCUT2D eigenvalue weighted by Crippen LogP contribution is 2.41. The average molecular weight is 703 g/mol. The molecule has 2 aliphatic rings. The number of hydrogen-bond donors (Lipinski definition) is 2. The first-order valence-corrected chi connectivity index (χ1v) is 18.5. The molecule has 1 amide bonds. The minimum absolute atomic E-state index is 0.108. The molecule has 1 unspecified atom stereocenters. The van der Waals surface area contributed by atoms with Gasteiger partial charge in [-0.1, -0.05) is 39.0 Å². The Morgan fingerprint density at radius 1 is 1.12 bits per heavy atom. The van der Waals surface area contributed by atoms with Crippen LogP contribution in [0.25, 0.3) is 11.0 Å². The van der Waals surface area contributed by atoms with Crippen molar-refractivity contribution in [3.63, 3.8) is 0 Å². The van der Waals surface area contributed by atoms with E-state index in [1.165, 1.54) is 11.6 Å². The average Bonchev–Trinajstić information content (AvgIpc) is 3.44. The van der Waals surface area contributed by atoms with Crippen LogP contribution in [-0.4, -0.2) is 58.6 Å². The van der Waals surface area contributed by atoms with Crippen molar-refractivity contribution in [1.82, 2.24) is 19.8 Å². The second-order valence-corrected chi connectivity index (χ2v) is 13.9. The molecule has 4 aromatic rings. The van der Waals surface area contributed by atoms with Crippen molar-refractivity contribution < 1.29 is 18.7 Å². The number of carbonyl (C=O) groups excluding carboxylic acids is 1. The van der Waals surface area contributed by atoms with E-state index in [4.69, 9.17) is 25.5 Å². The Bertz CT molecular complexity index is 1760. The maximum absolute atomic E-state index is 14.3. The second-order valence-electron chi connectivity index (χ2n) is 12.6. The predicted octanol–water partition coefficient (Wildman–Crippen LogP) is 7.74. The summed E-state index contributed by atoms with van der Waals surface area (Å²) < 4.78 is 28.0. The molecule has 11 heteroatoms. The molecular formula is C39H51FN6O3S. The number of halogens is 1. The number of methoxy groups -OCH3 is 1. The number of likely N-dealkylation sites (tertiary alicyclic amines) is 1. The van der Waals surface area contributed by atoms with Crippen LogP contribution >= 0.6 is 11.8 Å². The van der Waals surface area contributed by atoms with Gasteiger partial charge in [0.05, 0.1) is 34.6 Å². The molecule has 2 saturated heterocycles. The van der Waals surface area contributed by atoms with Crippen LogP contribution in [0.4, 0.5) is 4.39 Å². The lowest BCUT2D eigenvalue weighted by atomic mass is 9.89. The monoisotopic (exact) mass is 702 g/mol. The Kier molecular flexibility index (Phi) is 14.2. The molecule has 3 heterocycles. The van der Waals surface area contributed by atoms with Crippen molar-refractivity contribution in [3.05, 3.63) is 94.6 Å². The van der Waals surface area contributed by atoms with E-state index in [0.29, 0.717) is 33.7 Å². The van der Waals surface area contributed by atoms with E-state index >= 15 is 0 Å². The molecule has 2 aliphatic heterocycles. The van der Waals surface area contributed by atoms with Crippen LogP contribution in [0.3, 0.4) is 0 Å². The summed E-state index contributed by atoms with van der Waals surface area (Å²) in [6, 6.07) is 20.3. The molecule has 268 valence electrons. The fourth-order valence-electron chi connectivity index (χ4n) is 5.92. The van der Waals surface area contributed by atoms with Crippen LogP contribution in [0.5, 0.6) is 5.75 Å². The number of rotatable bonds is 10. The van der Waals surface area contributed by atoms with Gasteiger partial charge < -0.3 is 25.1 Å². The van der Waals surface area contributed by atoms with Gasteiger partial charge in [0.15, 0.2) is 0 Å². The van der Waals surface area contributed by atoms with E-state index in [1.807, 2.05) is 82.8 Å². The molecule has 0 saturated carbocycles. The Morgan fingerprint density at radius 3 is 2.46 bits per heavy atom. The van der Waals surface area contributed by atoms with Crippen LogP contribution < -0.4 is 15.8 Å². The minimum atomic E-state index is -0.757. The molecule has 0 bridgehead atoms. The van der Waals surface area contributed by atoms with Crippen LogP contribution in [0, 0.1) is 17.1 Å². The number of hydrogen-bond acceptors (Lipinski definition) is 8. The summed E-state index contributed by atoms with van der Waals surface area (Å²) in [6.07, 6.45) is 3.13. The van der Waals surface area contributed by atoms with E-state index in [1.54, 1.807) is 19.2 Å². The summed E-state index contributed by atoms with van der Waals surface area (Å²) in [6.45, 7) is 13.1. The van der Waals surface area contributed by atoms with Crippen LogP contribution in [0.15, 0.2) is 60.7 Å². The van der Waals surface area contributed by atoms with Crippen molar-refractivity contribution in [2.24, 2.45) is 5.73 Å². The number of piperidine rings is 1. The van der Waals surface area contributed by atoms with E-state index in [2.05, 4.69) is 26.9 Å². The van der Waals surface area contributed by atoms with Gasteiger partial charge in [-0.2, -0.15) is 5.26 Å². The molecule has 50 heavy (non-hydrogen) atoms. The van der Waals surface area contributed by atoms with Gasteiger partial charge in [-0.3, -0.25) is 9.69 Å². The summed E-state index contributed by atoms with van der Waals surface area (Å²) in [7, 11) is 1.58. The normalized spacial score (nSPS) is 16.3. The lowest BCUT2D eigenvalue weighted by molar-refractivity contribution is -0.00347. The summed E-state index contributed by atoms with van der Waals surface area (Å²) in [5.41, 5.74) is 8.54. The highest BCUT2D eigenvalue weighted by atomic mass is 32.2. The van der Waals surface area contributed by atoms with Gasteiger partial charge in [-0.25, -0.2) is 9.37 Å². The maximum atomic E-state index is 14.3. The Morgan fingerprint density at radius 2 is 1.84 bits per heavy atom. The van der Waals surface area contributed by atoms with Gasteiger partial charge in [0.25, 0.3) is 5.91 Å². The molecule has 2 fully saturated rings. The van der Waals surface area contributed by atoms with Crippen molar-refractivity contribution in [2.75, 3.05) is 32.5 Å². The summed E-state index contributed by atoms with van der Waals surface area (Å²) in [4.78, 5) is 20.5. The number of fused-ring (bicyclic) bond motifs is 1. The Labute approximate surface area is 300 Å². The summed E-state index contributed by atoms with van der Waals surface area (Å²) in [5.74, 6) is 2.69. The third kappa shape index (κ3) is 9.85. The standard InChI is InChI=1S/C35H38FN5O3S.C2H7N.C2H6/c1-35(2,43-3)39-34(42)26-9-10-30-31(19-26)41(33-13-16-45-33)32(38-30)21-40-14-11-24(12-15-40)25-5-4-6-28(18-25)44-22-27-8-7-23(20-37)17-29(27)36;1-2-3;1-2/h4-10,17-19,24,33H,11-16,21-22H2,1-3H3,(H,39,42);2-3H2,1H3;1-2H3. The fraction of sp³-hybridized carbons (Fsp3) is 0.462. The van der Waals surface area contributed by atoms with Gasteiger partial charge in [0.1, 0.15) is 29.7 Å². The number of nitrogens with one attached hydrogen (secondary N) is 1. The number of amides is 1. The van der Waals surface area contributed by atoms with Crippen molar-refractivity contribution >= 4 is 28.7 Å². The zero-order chi connectivity index (χ0) is 36.3. The highest BCUT2D eigenvalue weighted by molar-refractivity contribution is 8.00. The van der Waals surface area contributed by atoms with Crippen molar-refractivity contribution in [2.45, 2.75) is 84.0 Å². The summed E-state index contributed by atoms with van der Waals surface area (Å²) >= 11 is 1.92. The predicted molar refractivity (Wildman–Crippen MR) is 200 cm³/mol. The maximum Gasteiger partial charge on any atom is 0.253 e. The first kappa shape index (κ1) is 38.8. The number of nitriles is 1. The number of nitrogens with two attached hydrogens (primary N) is 1. The SMILES string of the molecule is CC.CCN.COC(C)(C)NC(=O)c1ccc2nc(CN3CCC(c4cccc(OCc5ccc(C#N)cc5F)c4)CC3)n(C3CCS3)c2c1. The molecule has 1 aromatic heterocycles. The third-order valence-electron chi connectivity index (χ3n) is 8.77. The van der Waals surface area contributed by atoms with Crippen LogP contribution in [-0.2, 0) is 17.9 Å². The number of ether oxygens (including phenoxy) is 2. The first-order valence-electron chi connectivity index (χ1n) is 17.5. The molecular weight excluding hydrogens is 652 g/mol. The largest absolute Gasteiger partial charge is 0.489 e. The minimum Gasteiger partial charge on any atom is -0.489 e. The zero-order valence-corrected chi connectivity index (χ0v) is 31.0. The van der Waals surface area contributed by atoms with Crippen molar-refractivity contribution in [3.8, 4) is 11.8 Å². The van der Waals surface area contributed by atoms with Gasteiger partial charge in [0.2, 0.25) is 0 Å². The first-order chi connectivity index (χ1) is 24.1. The quantitative estimate of drug-likeness (QED) is 0.161. The zero-order valence-electron chi connectivity index (χ0n) is 30.2. The number of thioether (sulfide) groups is 1. The van der Waals surface area contributed by atoms with E-state index in [0.717, 1.165) is 68.1 Å². The molecule has 3 aromatic carbocycles. The Balaban J connectivity index is 0.00000107. The number of carbonyl (C=O) groups is 1. The molecule has 0 radical (unpaired) electrons. The number of imidazole rings is 1. The Hall–Kier alpha value is -3.95. The van der Waals surface area contributed by atoms with Gasteiger partial charge in [-0.05, 0) is 112 Å². The molecule has 6 rings (SSSR count). The molecule has 1 atom stereocenters. The second kappa shape index (κ2) is 18.3. The topological polar surface area (TPSA) is 118 Å². The van der Waals surface area contributed by atoms with Gasteiger partial charge >= 0.3 is 0 Å². The number of nitrogens with zero attached hydrogens (tertiary/aromatic N) is 4. The molecule has 0 aliphatic carbocycles. The lowest BCUT2D eigenvalue weighted by Crippen LogP contribution is -2.44. The third-order valence-corrected chi connectivity index (χ3v) is 10.1. The van der Waals surface area contributed by atoms with Gasteiger partial charge in [-0.15, -0.1) is 11.8 Å². The van der Waals surface area contributed by atoms with E-state index in [9.17, 15) is 9.18 Å². The van der Waals surface area contributed by atoms with E-state index < -0.39 is 11.5 Å². The fourth-order valence-corrected chi connectivity index (χ4v) is 6.75. The van der Waals surface area contributed by atoms with Crippen molar-refractivity contribution in [1.29, 1.82) is 5.26 Å².